The molecule has 0 radical (unpaired) electrons. The van der Waals surface area contributed by atoms with Gasteiger partial charge >= 0.3 is 12.2 Å². The minimum atomic E-state index is -4.50. The first-order valence-electron chi connectivity index (χ1n) is 4.68. The molecule has 96 valence electrons. The van der Waals surface area contributed by atoms with Crippen LogP contribution in [0.2, 0.25) is 0 Å². The number of rotatable bonds is 2. The number of hydrazine groups is 1. The number of nitrogen functional groups attached to an aromatic ring is 2. The number of alkyl halides is 3. The second kappa shape index (κ2) is 4.18. The van der Waals surface area contributed by atoms with Gasteiger partial charge in [0.1, 0.15) is 0 Å². The van der Waals surface area contributed by atoms with Crippen LogP contribution in [-0.4, -0.2) is 10.2 Å². The Kier molecular flexibility index (Phi) is 2.83. The van der Waals surface area contributed by atoms with Crippen LogP contribution >= 0.6 is 0 Å². The van der Waals surface area contributed by atoms with E-state index in [1.54, 1.807) is 0 Å². The van der Waals surface area contributed by atoms with E-state index < -0.39 is 11.7 Å². The van der Waals surface area contributed by atoms with E-state index in [1.165, 1.54) is 6.07 Å². The molecule has 0 aliphatic carbocycles. The fourth-order valence-corrected chi connectivity index (χ4v) is 1.34. The van der Waals surface area contributed by atoms with Gasteiger partial charge in [-0.25, -0.2) is 5.84 Å². The van der Waals surface area contributed by atoms with Gasteiger partial charge in [-0.1, -0.05) is 5.10 Å². The van der Waals surface area contributed by atoms with Crippen molar-refractivity contribution in [2.45, 2.75) is 6.18 Å². The maximum atomic E-state index is 12.6. The van der Waals surface area contributed by atoms with Crippen molar-refractivity contribution in [1.29, 1.82) is 0 Å². The number of anilines is 2. The Labute approximate surface area is 98.8 Å². The van der Waals surface area contributed by atoms with E-state index in [-0.39, 0.29) is 23.2 Å². The molecule has 0 atom stereocenters. The number of hydrogen-bond donors (Lipinski definition) is 3. The predicted octanol–water partition coefficient (Wildman–Crippen LogP) is 1.62. The number of nitrogens with two attached hydrogens (primary N) is 2. The van der Waals surface area contributed by atoms with Gasteiger partial charge in [-0.3, -0.25) is 5.43 Å². The highest BCUT2D eigenvalue weighted by molar-refractivity contribution is 5.62. The van der Waals surface area contributed by atoms with Crippen LogP contribution in [0.5, 0.6) is 0 Å². The summed E-state index contributed by atoms with van der Waals surface area (Å²) in [6.45, 7) is 0. The van der Waals surface area contributed by atoms with Gasteiger partial charge in [-0.15, -0.1) is 5.10 Å². The minimum Gasteiger partial charge on any atom is -0.402 e. The molecule has 6 nitrogen and oxygen atoms in total. The maximum Gasteiger partial charge on any atom is 0.416 e. The zero-order valence-electron chi connectivity index (χ0n) is 8.82. The van der Waals surface area contributed by atoms with Gasteiger partial charge in [-0.05, 0) is 18.2 Å². The summed E-state index contributed by atoms with van der Waals surface area (Å²) in [7, 11) is 0. The van der Waals surface area contributed by atoms with Gasteiger partial charge < -0.3 is 10.2 Å². The Bertz CT molecular complexity index is 566. The van der Waals surface area contributed by atoms with Gasteiger partial charge in [0.25, 0.3) is 0 Å². The molecule has 1 aromatic carbocycles. The third-order valence-corrected chi connectivity index (χ3v) is 2.08. The fraction of sp³-hybridized carbons (Fsp3) is 0.111. The number of halogens is 3. The standard InChI is InChI=1S/C9H8F3N5O/c10-9(11,12)5-1-4(2-6(13)3-5)7-16-17-8(15-14)18-7/h1-3H,13-14H2,(H,15,17). The molecule has 0 amide bonds. The molecule has 0 unspecified atom stereocenters. The SMILES string of the molecule is NNc1nnc(-c2cc(N)cc(C(F)(F)F)c2)o1. The Morgan fingerprint density at radius 3 is 2.44 bits per heavy atom. The zero-order chi connectivity index (χ0) is 13.3. The average molecular weight is 259 g/mol. The van der Waals surface area contributed by atoms with E-state index in [0.29, 0.717) is 0 Å². The second-order valence-corrected chi connectivity index (χ2v) is 3.40. The highest BCUT2D eigenvalue weighted by Gasteiger charge is 2.31. The van der Waals surface area contributed by atoms with Crippen molar-refractivity contribution in [2.24, 2.45) is 5.84 Å². The molecule has 2 aromatic rings. The fourth-order valence-electron chi connectivity index (χ4n) is 1.34. The Balaban J connectivity index is 2.48. The van der Waals surface area contributed by atoms with Crippen molar-refractivity contribution in [1.82, 2.24) is 10.2 Å². The predicted molar refractivity (Wildman–Crippen MR) is 57.0 cm³/mol. The summed E-state index contributed by atoms with van der Waals surface area (Å²) in [5.41, 5.74) is 6.61. The molecule has 0 aliphatic heterocycles. The molecule has 0 spiro atoms. The van der Waals surface area contributed by atoms with E-state index in [1.807, 2.05) is 0 Å². The van der Waals surface area contributed by atoms with E-state index in [0.717, 1.165) is 12.1 Å². The average Bonchev–Trinajstić information content (AvgIpc) is 2.75. The van der Waals surface area contributed by atoms with Crippen LogP contribution < -0.4 is 17.0 Å². The lowest BCUT2D eigenvalue weighted by molar-refractivity contribution is -0.137. The quantitative estimate of drug-likeness (QED) is 0.430. The van der Waals surface area contributed by atoms with E-state index in [9.17, 15) is 13.2 Å². The van der Waals surface area contributed by atoms with Crippen LogP contribution in [0.3, 0.4) is 0 Å². The minimum absolute atomic E-state index is 0.0553. The lowest BCUT2D eigenvalue weighted by Crippen LogP contribution is -2.06. The van der Waals surface area contributed by atoms with Crippen molar-refractivity contribution in [2.75, 3.05) is 11.2 Å². The van der Waals surface area contributed by atoms with Gasteiger partial charge in [0.05, 0.1) is 5.56 Å². The molecule has 0 aliphatic rings. The van der Waals surface area contributed by atoms with E-state index >= 15 is 0 Å². The summed E-state index contributed by atoms with van der Waals surface area (Å²) in [4.78, 5) is 0. The molecular formula is C9H8F3N5O. The maximum absolute atomic E-state index is 12.6. The van der Waals surface area contributed by atoms with Crippen LogP contribution in [-0.2, 0) is 6.18 Å². The second-order valence-electron chi connectivity index (χ2n) is 3.40. The first-order chi connectivity index (χ1) is 8.40. The third-order valence-electron chi connectivity index (χ3n) is 2.08. The molecule has 0 saturated heterocycles. The molecule has 1 aromatic heterocycles. The molecule has 0 bridgehead atoms. The van der Waals surface area contributed by atoms with Crippen LogP contribution in [0.1, 0.15) is 5.56 Å². The van der Waals surface area contributed by atoms with Gasteiger partial charge in [-0.2, -0.15) is 13.2 Å². The van der Waals surface area contributed by atoms with Crippen molar-refractivity contribution in [3.63, 3.8) is 0 Å². The van der Waals surface area contributed by atoms with Crippen molar-refractivity contribution < 1.29 is 17.6 Å². The van der Waals surface area contributed by atoms with Crippen LogP contribution in [0, 0.1) is 0 Å². The number of nitrogens with one attached hydrogen (secondary N) is 1. The van der Waals surface area contributed by atoms with E-state index in [4.69, 9.17) is 16.0 Å². The summed E-state index contributed by atoms with van der Waals surface area (Å²) >= 11 is 0. The molecule has 0 saturated carbocycles. The monoisotopic (exact) mass is 259 g/mol. The van der Waals surface area contributed by atoms with E-state index in [2.05, 4.69) is 15.6 Å². The summed E-state index contributed by atoms with van der Waals surface area (Å²) in [5.74, 6) is 4.91. The van der Waals surface area contributed by atoms with Crippen molar-refractivity contribution in [3.05, 3.63) is 23.8 Å². The summed E-state index contributed by atoms with van der Waals surface area (Å²) in [5, 5.41) is 7.00. The van der Waals surface area contributed by atoms with Crippen LogP contribution in [0.25, 0.3) is 11.5 Å². The molecule has 9 heteroatoms. The first kappa shape index (κ1) is 12.2. The normalized spacial score (nSPS) is 11.6. The highest BCUT2D eigenvalue weighted by atomic mass is 19.4. The Morgan fingerprint density at radius 1 is 1.17 bits per heavy atom. The molecule has 1 heterocycles. The van der Waals surface area contributed by atoms with Gasteiger partial charge in [0.15, 0.2) is 0 Å². The first-order valence-corrected chi connectivity index (χ1v) is 4.68. The number of hydrogen-bond acceptors (Lipinski definition) is 6. The Morgan fingerprint density at radius 2 is 1.89 bits per heavy atom. The molecule has 18 heavy (non-hydrogen) atoms. The smallest absolute Gasteiger partial charge is 0.402 e. The summed E-state index contributed by atoms with van der Waals surface area (Å²) in [6, 6.07) is 2.87. The van der Waals surface area contributed by atoms with Gasteiger partial charge in [0, 0.05) is 11.3 Å². The van der Waals surface area contributed by atoms with Crippen molar-refractivity contribution in [3.8, 4) is 11.5 Å². The van der Waals surface area contributed by atoms with Crippen molar-refractivity contribution >= 4 is 11.7 Å². The molecule has 5 N–H and O–H groups in total. The number of nitrogens with zero attached hydrogens (tertiary/aromatic N) is 2. The molecular weight excluding hydrogens is 251 g/mol. The Hall–Kier alpha value is -2.29. The lowest BCUT2D eigenvalue weighted by Gasteiger charge is -2.08. The molecule has 0 fully saturated rings. The largest absolute Gasteiger partial charge is 0.416 e. The summed E-state index contributed by atoms with van der Waals surface area (Å²) in [6.07, 6.45) is -4.50. The van der Waals surface area contributed by atoms with Crippen LogP contribution in [0.15, 0.2) is 22.6 Å². The highest BCUT2D eigenvalue weighted by Crippen LogP contribution is 2.33. The molecule has 2 rings (SSSR count). The number of aromatic nitrogens is 2. The topological polar surface area (TPSA) is 103 Å². The van der Waals surface area contributed by atoms with Crippen LogP contribution in [0.4, 0.5) is 24.9 Å². The number of benzene rings is 1. The van der Waals surface area contributed by atoms with Gasteiger partial charge in [0.2, 0.25) is 5.89 Å². The zero-order valence-corrected chi connectivity index (χ0v) is 8.82. The summed E-state index contributed by atoms with van der Waals surface area (Å²) < 4.78 is 42.7. The third kappa shape index (κ3) is 2.35. The lowest BCUT2D eigenvalue weighted by atomic mass is 10.1.